The Morgan fingerprint density at radius 3 is 2.48 bits per heavy atom. The highest BCUT2D eigenvalue weighted by Crippen LogP contribution is 2.22. The third kappa shape index (κ3) is 5.99. The molecule has 148 valence electrons. The van der Waals surface area contributed by atoms with Crippen molar-refractivity contribution in [2.45, 2.75) is 0 Å². The Labute approximate surface area is 173 Å². The van der Waals surface area contributed by atoms with E-state index in [0.29, 0.717) is 22.1 Å². The fourth-order valence-electron chi connectivity index (χ4n) is 2.44. The van der Waals surface area contributed by atoms with Crippen LogP contribution in [0.1, 0.15) is 16.1 Å². The van der Waals surface area contributed by atoms with Gasteiger partial charge in [0.15, 0.2) is 0 Å². The normalized spacial score (nSPS) is 11.0. The molecule has 3 rings (SSSR count). The number of benzene rings is 2. The summed E-state index contributed by atoms with van der Waals surface area (Å²) in [4.78, 5) is 25.0. The molecular formula is C22H19ClN2O4. The highest BCUT2D eigenvalue weighted by molar-refractivity contribution is 6.32. The van der Waals surface area contributed by atoms with Crippen molar-refractivity contribution >= 4 is 29.5 Å². The molecule has 0 saturated carbocycles. The third-order valence-electron chi connectivity index (χ3n) is 3.84. The maximum atomic E-state index is 12.6. The molecule has 29 heavy (non-hydrogen) atoms. The Bertz CT molecular complexity index is 985. The van der Waals surface area contributed by atoms with Crippen molar-refractivity contribution in [1.29, 1.82) is 0 Å². The summed E-state index contributed by atoms with van der Waals surface area (Å²) in [5.41, 5.74) is 0.499. The van der Waals surface area contributed by atoms with Gasteiger partial charge in [-0.05, 0) is 36.4 Å². The fourth-order valence-corrected chi connectivity index (χ4v) is 2.63. The molecule has 0 aliphatic heterocycles. The van der Waals surface area contributed by atoms with Gasteiger partial charge < -0.3 is 19.8 Å². The van der Waals surface area contributed by atoms with Crippen LogP contribution < -0.4 is 15.4 Å². The fraction of sp³-hybridized carbons (Fsp3) is 0.0909. The molecule has 2 N–H and O–H groups in total. The quantitative estimate of drug-likeness (QED) is 0.436. The number of hydrogen-bond donors (Lipinski definition) is 2. The molecule has 0 radical (unpaired) electrons. The van der Waals surface area contributed by atoms with E-state index in [1.807, 2.05) is 12.1 Å². The lowest BCUT2D eigenvalue weighted by atomic mass is 10.2. The molecule has 0 fully saturated rings. The van der Waals surface area contributed by atoms with Gasteiger partial charge in [-0.15, -0.1) is 0 Å². The average molecular weight is 411 g/mol. The Morgan fingerprint density at radius 2 is 1.76 bits per heavy atom. The van der Waals surface area contributed by atoms with E-state index in [2.05, 4.69) is 10.6 Å². The van der Waals surface area contributed by atoms with Crippen molar-refractivity contribution in [3.63, 3.8) is 0 Å². The number of ether oxygens (including phenoxy) is 1. The smallest absolute Gasteiger partial charge is 0.268 e. The first-order valence-electron chi connectivity index (χ1n) is 8.90. The molecule has 0 atom stereocenters. The van der Waals surface area contributed by atoms with Crippen LogP contribution in [0.3, 0.4) is 0 Å². The minimum Gasteiger partial charge on any atom is -0.490 e. The maximum Gasteiger partial charge on any atom is 0.268 e. The summed E-state index contributed by atoms with van der Waals surface area (Å²) in [6.45, 7) is 0.441. The average Bonchev–Trinajstić information content (AvgIpc) is 3.25. The summed E-state index contributed by atoms with van der Waals surface area (Å²) in [6.07, 6.45) is 2.95. The van der Waals surface area contributed by atoms with Crippen LogP contribution in [-0.2, 0) is 4.79 Å². The van der Waals surface area contributed by atoms with Gasteiger partial charge in [0.1, 0.15) is 23.8 Å². The van der Waals surface area contributed by atoms with Crippen molar-refractivity contribution in [3.8, 4) is 5.75 Å². The van der Waals surface area contributed by atoms with Gasteiger partial charge in [-0.2, -0.15) is 0 Å². The van der Waals surface area contributed by atoms with E-state index in [0.717, 1.165) is 0 Å². The molecule has 0 saturated heterocycles. The topological polar surface area (TPSA) is 80.6 Å². The Balaban J connectivity index is 1.62. The SMILES string of the molecule is O=C(NCCOc1ccccc1Cl)/C(=C/c1ccco1)NC(=O)c1ccccc1. The second kappa shape index (κ2) is 10.1. The van der Waals surface area contributed by atoms with E-state index in [1.165, 1.54) is 12.3 Å². The van der Waals surface area contributed by atoms with E-state index in [4.69, 9.17) is 20.8 Å². The molecule has 1 aromatic heterocycles. The van der Waals surface area contributed by atoms with Crippen LogP contribution >= 0.6 is 11.6 Å². The molecule has 0 unspecified atom stereocenters. The number of amides is 2. The zero-order valence-corrected chi connectivity index (χ0v) is 16.2. The predicted octanol–water partition coefficient (Wildman–Crippen LogP) is 3.90. The predicted molar refractivity (Wildman–Crippen MR) is 111 cm³/mol. The number of furan rings is 1. The van der Waals surface area contributed by atoms with Crippen LogP contribution in [0.15, 0.2) is 83.1 Å². The maximum absolute atomic E-state index is 12.6. The van der Waals surface area contributed by atoms with Gasteiger partial charge in [0.05, 0.1) is 17.8 Å². The molecule has 2 amide bonds. The number of halogens is 1. The second-order valence-corrected chi connectivity index (χ2v) is 6.34. The Kier molecular flexibility index (Phi) is 7.08. The minimum absolute atomic E-state index is 0.0616. The van der Waals surface area contributed by atoms with Crippen LogP contribution in [0.4, 0.5) is 0 Å². The zero-order valence-electron chi connectivity index (χ0n) is 15.4. The lowest BCUT2D eigenvalue weighted by Gasteiger charge is -2.12. The molecule has 0 aliphatic rings. The van der Waals surface area contributed by atoms with Gasteiger partial charge in [-0.25, -0.2) is 0 Å². The summed E-state index contributed by atoms with van der Waals surface area (Å²) in [5, 5.41) is 5.83. The number of carbonyl (C=O) groups is 2. The monoisotopic (exact) mass is 410 g/mol. The van der Waals surface area contributed by atoms with Gasteiger partial charge in [-0.3, -0.25) is 9.59 Å². The molecule has 1 heterocycles. The van der Waals surface area contributed by atoms with E-state index in [1.54, 1.807) is 54.6 Å². The van der Waals surface area contributed by atoms with Gasteiger partial charge >= 0.3 is 0 Å². The largest absolute Gasteiger partial charge is 0.490 e. The van der Waals surface area contributed by atoms with Gasteiger partial charge in [0.2, 0.25) is 0 Å². The number of carbonyl (C=O) groups excluding carboxylic acids is 2. The van der Waals surface area contributed by atoms with Crippen molar-refractivity contribution in [2.75, 3.05) is 13.2 Å². The first-order chi connectivity index (χ1) is 14.1. The minimum atomic E-state index is -0.464. The molecular weight excluding hydrogens is 392 g/mol. The Hall–Kier alpha value is -3.51. The summed E-state index contributed by atoms with van der Waals surface area (Å²) < 4.78 is 10.8. The van der Waals surface area contributed by atoms with Crippen molar-refractivity contribution in [1.82, 2.24) is 10.6 Å². The lowest BCUT2D eigenvalue weighted by molar-refractivity contribution is -0.117. The van der Waals surface area contributed by atoms with E-state index >= 15 is 0 Å². The summed E-state index contributed by atoms with van der Waals surface area (Å²) in [6, 6.07) is 19.1. The van der Waals surface area contributed by atoms with Crippen molar-refractivity contribution < 1.29 is 18.7 Å². The zero-order chi connectivity index (χ0) is 20.5. The molecule has 6 nitrogen and oxygen atoms in total. The second-order valence-electron chi connectivity index (χ2n) is 5.93. The number of para-hydroxylation sites is 1. The molecule has 3 aromatic rings. The molecule has 7 heteroatoms. The summed E-state index contributed by atoms with van der Waals surface area (Å²) >= 11 is 6.03. The molecule has 2 aromatic carbocycles. The first kappa shape index (κ1) is 20.2. The molecule has 0 spiro atoms. The van der Waals surface area contributed by atoms with Crippen LogP contribution in [-0.4, -0.2) is 25.0 Å². The van der Waals surface area contributed by atoms with Crippen molar-refractivity contribution in [3.05, 3.63) is 95.0 Å². The summed E-state index contributed by atoms with van der Waals surface area (Å²) in [7, 11) is 0. The van der Waals surface area contributed by atoms with Crippen LogP contribution in [0, 0.1) is 0 Å². The van der Waals surface area contributed by atoms with Gasteiger partial charge in [0, 0.05) is 11.6 Å². The number of rotatable bonds is 8. The number of hydrogen-bond acceptors (Lipinski definition) is 4. The standard InChI is InChI=1S/C22H19ClN2O4/c23-18-10-4-5-11-20(18)29-14-12-24-22(27)19(15-17-9-6-13-28-17)25-21(26)16-7-2-1-3-8-16/h1-11,13,15H,12,14H2,(H,24,27)(H,25,26)/b19-15-. The summed E-state index contributed by atoms with van der Waals surface area (Å²) in [5.74, 6) is 0.113. The van der Waals surface area contributed by atoms with Gasteiger partial charge in [0.25, 0.3) is 11.8 Å². The van der Waals surface area contributed by atoms with E-state index in [9.17, 15) is 9.59 Å². The van der Waals surface area contributed by atoms with E-state index < -0.39 is 11.8 Å². The number of nitrogens with one attached hydrogen (secondary N) is 2. The molecule has 0 bridgehead atoms. The molecule has 0 aliphatic carbocycles. The van der Waals surface area contributed by atoms with Crippen LogP contribution in [0.25, 0.3) is 6.08 Å². The van der Waals surface area contributed by atoms with Crippen LogP contribution in [0.5, 0.6) is 5.75 Å². The lowest BCUT2D eigenvalue weighted by Crippen LogP contribution is -2.36. The highest BCUT2D eigenvalue weighted by atomic mass is 35.5. The first-order valence-corrected chi connectivity index (χ1v) is 9.28. The highest BCUT2D eigenvalue weighted by Gasteiger charge is 2.15. The Morgan fingerprint density at radius 1 is 1.00 bits per heavy atom. The van der Waals surface area contributed by atoms with Gasteiger partial charge in [-0.1, -0.05) is 41.9 Å². The third-order valence-corrected chi connectivity index (χ3v) is 4.15. The van der Waals surface area contributed by atoms with E-state index in [-0.39, 0.29) is 18.8 Å². The van der Waals surface area contributed by atoms with Crippen LogP contribution in [0.2, 0.25) is 5.02 Å². The van der Waals surface area contributed by atoms with Crippen molar-refractivity contribution in [2.24, 2.45) is 0 Å².